The number of benzene rings is 1. The number of halogens is 4. The van der Waals surface area contributed by atoms with E-state index in [0.717, 1.165) is 18.2 Å². The lowest BCUT2D eigenvalue weighted by atomic mass is 10.1. The lowest BCUT2D eigenvalue weighted by Gasteiger charge is -2.31. The van der Waals surface area contributed by atoms with Crippen molar-refractivity contribution in [1.82, 2.24) is 19.9 Å². The Labute approximate surface area is 241 Å². The minimum absolute atomic E-state index is 0.0465. The zero-order chi connectivity index (χ0) is 29.3. The summed E-state index contributed by atoms with van der Waals surface area (Å²) in [4.78, 5) is 38.1. The van der Waals surface area contributed by atoms with Gasteiger partial charge in [0.2, 0.25) is 17.2 Å². The largest absolute Gasteiger partial charge is 0.481 e. The van der Waals surface area contributed by atoms with Gasteiger partial charge in [0.15, 0.2) is 5.65 Å². The van der Waals surface area contributed by atoms with Gasteiger partial charge in [-0.15, -0.1) is 11.3 Å². The van der Waals surface area contributed by atoms with Crippen molar-refractivity contribution in [3.8, 4) is 16.5 Å². The van der Waals surface area contributed by atoms with Gasteiger partial charge in [0, 0.05) is 49.7 Å². The number of carbonyl (C=O) groups excluding carboxylic acids is 1. The maximum Gasteiger partial charge on any atom is 0.416 e. The summed E-state index contributed by atoms with van der Waals surface area (Å²) < 4.78 is 46.6. The molecule has 9 nitrogen and oxygen atoms in total. The minimum atomic E-state index is -4.56. The number of thiazole rings is 1. The summed E-state index contributed by atoms with van der Waals surface area (Å²) in [6, 6.07) is 6.21. The Kier molecular flexibility index (Phi) is 8.20. The predicted molar refractivity (Wildman–Crippen MR) is 153 cm³/mol. The predicted octanol–water partition coefficient (Wildman–Crippen LogP) is 4.81. The van der Waals surface area contributed by atoms with Crippen molar-refractivity contribution in [2.45, 2.75) is 26.1 Å². The van der Waals surface area contributed by atoms with Gasteiger partial charge in [0.25, 0.3) is 0 Å². The molecule has 216 valence electrons. The number of piperazine rings is 1. The highest BCUT2D eigenvalue weighted by Crippen LogP contribution is 2.35. The molecule has 1 amide bonds. The second kappa shape index (κ2) is 11.7. The van der Waals surface area contributed by atoms with Gasteiger partial charge >= 0.3 is 6.18 Å². The van der Waals surface area contributed by atoms with Crippen LogP contribution >= 0.6 is 22.9 Å². The molecular formula is C27H26ClF3N6O3S. The maximum atomic E-state index is 13.9. The number of methoxy groups -OCH3 is 1. The monoisotopic (exact) mass is 606 g/mol. The van der Waals surface area contributed by atoms with E-state index in [-0.39, 0.29) is 22.7 Å². The van der Waals surface area contributed by atoms with Gasteiger partial charge in [-0.1, -0.05) is 18.5 Å². The van der Waals surface area contributed by atoms with Crippen molar-refractivity contribution in [3.05, 3.63) is 63.0 Å². The van der Waals surface area contributed by atoms with Crippen LogP contribution in [0.2, 0.25) is 5.02 Å². The highest BCUT2D eigenvalue weighted by molar-refractivity contribution is 7.21. The van der Waals surface area contributed by atoms with E-state index in [0.29, 0.717) is 70.8 Å². The Morgan fingerprint density at radius 1 is 1.22 bits per heavy atom. The number of carbonyl (C=O) groups is 1. The SMILES string of the molecule is CCc1c(N2CCNCC2)c(=O)c2sc(-c3ccnc(OC)c3)nc2n1CC(=O)Nc1ccc(C(F)(F)F)cc1Cl. The summed E-state index contributed by atoms with van der Waals surface area (Å²) in [5, 5.41) is 6.21. The lowest BCUT2D eigenvalue weighted by molar-refractivity contribution is -0.137. The number of aromatic nitrogens is 3. The van der Waals surface area contributed by atoms with Gasteiger partial charge in [-0.25, -0.2) is 9.97 Å². The highest BCUT2D eigenvalue weighted by atomic mass is 35.5. The van der Waals surface area contributed by atoms with E-state index in [1.807, 2.05) is 11.8 Å². The Morgan fingerprint density at radius 3 is 2.63 bits per heavy atom. The van der Waals surface area contributed by atoms with Gasteiger partial charge in [0.05, 0.1) is 23.4 Å². The van der Waals surface area contributed by atoms with Crippen molar-refractivity contribution < 1.29 is 22.7 Å². The molecule has 14 heteroatoms. The third-order valence-electron chi connectivity index (χ3n) is 6.72. The van der Waals surface area contributed by atoms with Crippen molar-refractivity contribution in [1.29, 1.82) is 0 Å². The number of ether oxygens (including phenoxy) is 1. The van der Waals surface area contributed by atoms with Crippen molar-refractivity contribution in [2.75, 3.05) is 43.5 Å². The van der Waals surface area contributed by atoms with Crippen LogP contribution in [-0.4, -0.2) is 53.7 Å². The summed E-state index contributed by atoms with van der Waals surface area (Å²) in [7, 11) is 1.50. The number of nitrogens with zero attached hydrogens (tertiary/aromatic N) is 4. The van der Waals surface area contributed by atoms with Gasteiger partial charge in [0.1, 0.15) is 21.9 Å². The standard InChI is InChI=1S/C27H26ClF3N6O3S/c1-3-19-22(36-10-8-32-9-11-36)23(39)24-25(35-26(41-24)15-6-7-33-21(12-15)40-2)37(19)14-20(38)34-18-5-4-16(13-17(18)28)27(29,30)31/h4-7,12-13,32H,3,8-11,14H2,1-2H3,(H,34,38). The molecule has 41 heavy (non-hydrogen) atoms. The van der Waals surface area contributed by atoms with Crippen LogP contribution in [0.15, 0.2) is 41.3 Å². The van der Waals surface area contributed by atoms with Gasteiger partial charge in [-0.2, -0.15) is 13.2 Å². The van der Waals surface area contributed by atoms with Crippen LogP contribution in [-0.2, 0) is 23.9 Å². The first-order valence-corrected chi connectivity index (χ1v) is 14.0. The van der Waals surface area contributed by atoms with Crippen LogP contribution < -0.4 is 25.7 Å². The molecule has 0 spiro atoms. The first-order chi connectivity index (χ1) is 19.6. The van der Waals surface area contributed by atoms with Gasteiger partial charge in [-0.3, -0.25) is 9.59 Å². The van der Waals surface area contributed by atoms with Gasteiger partial charge in [-0.05, 0) is 30.7 Å². The lowest BCUT2D eigenvalue weighted by Crippen LogP contribution is -2.46. The zero-order valence-electron chi connectivity index (χ0n) is 22.1. The van der Waals surface area contributed by atoms with Crippen LogP contribution in [0.25, 0.3) is 20.9 Å². The normalized spacial score (nSPS) is 14.0. The molecule has 4 aromatic rings. The Morgan fingerprint density at radius 2 is 1.98 bits per heavy atom. The number of alkyl halides is 3. The number of amides is 1. The average molecular weight is 607 g/mol. The number of nitrogens with one attached hydrogen (secondary N) is 2. The first kappa shape index (κ1) is 28.8. The Hall–Kier alpha value is -3.68. The zero-order valence-corrected chi connectivity index (χ0v) is 23.7. The molecule has 1 saturated heterocycles. The Balaban J connectivity index is 1.60. The third-order valence-corrected chi connectivity index (χ3v) is 8.12. The molecule has 2 N–H and O–H groups in total. The van der Waals surface area contributed by atoms with E-state index < -0.39 is 17.6 Å². The van der Waals surface area contributed by atoms with Crippen molar-refractivity contribution in [2.24, 2.45) is 0 Å². The summed E-state index contributed by atoms with van der Waals surface area (Å²) in [6.45, 7) is 4.31. The summed E-state index contributed by atoms with van der Waals surface area (Å²) >= 11 is 7.29. The van der Waals surface area contributed by atoms with Gasteiger partial charge < -0.3 is 24.8 Å². The average Bonchev–Trinajstić information content (AvgIpc) is 3.41. The molecule has 1 fully saturated rings. The number of hydrogen-bond donors (Lipinski definition) is 2. The molecule has 5 rings (SSSR count). The second-order valence-electron chi connectivity index (χ2n) is 9.30. The Bertz CT molecular complexity index is 1670. The molecule has 3 aromatic heterocycles. The molecule has 1 aliphatic heterocycles. The molecule has 0 atom stereocenters. The van der Waals surface area contributed by atoms with Crippen molar-refractivity contribution >= 4 is 50.6 Å². The molecule has 0 radical (unpaired) electrons. The summed E-state index contributed by atoms with van der Waals surface area (Å²) in [5.74, 6) is -0.141. The second-order valence-corrected chi connectivity index (χ2v) is 10.7. The van der Waals surface area contributed by atoms with Crippen LogP contribution in [0.1, 0.15) is 18.2 Å². The van der Waals surface area contributed by atoms with E-state index in [4.69, 9.17) is 21.3 Å². The van der Waals surface area contributed by atoms with E-state index in [1.54, 1.807) is 22.9 Å². The molecule has 0 saturated carbocycles. The fraction of sp³-hybridized carbons (Fsp3) is 0.333. The fourth-order valence-corrected chi connectivity index (χ4v) is 6.02. The number of pyridine rings is 2. The van der Waals surface area contributed by atoms with Crippen LogP contribution in [0.5, 0.6) is 5.88 Å². The molecule has 4 heterocycles. The maximum absolute atomic E-state index is 13.9. The molecule has 0 bridgehead atoms. The van der Waals surface area contributed by atoms with Crippen LogP contribution in [0.3, 0.4) is 0 Å². The van der Waals surface area contributed by atoms with Crippen LogP contribution in [0.4, 0.5) is 24.5 Å². The third kappa shape index (κ3) is 5.88. The first-order valence-electron chi connectivity index (χ1n) is 12.8. The van der Waals surface area contributed by atoms with E-state index in [2.05, 4.69) is 15.6 Å². The summed E-state index contributed by atoms with van der Waals surface area (Å²) in [5.41, 5.74) is 1.17. The smallest absolute Gasteiger partial charge is 0.416 e. The summed E-state index contributed by atoms with van der Waals surface area (Å²) in [6.07, 6.45) is -2.54. The van der Waals surface area contributed by atoms with E-state index in [1.165, 1.54) is 18.4 Å². The van der Waals surface area contributed by atoms with Crippen molar-refractivity contribution in [3.63, 3.8) is 0 Å². The molecule has 0 aliphatic carbocycles. The number of hydrogen-bond acceptors (Lipinski definition) is 8. The minimum Gasteiger partial charge on any atom is -0.481 e. The van der Waals surface area contributed by atoms with Crippen LogP contribution in [0, 0.1) is 0 Å². The topological polar surface area (TPSA) is 101 Å². The van der Waals surface area contributed by atoms with E-state index >= 15 is 0 Å². The van der Waals surface area contributed by atoms with E-state index in [9.17, 15) is 22.8 Å². The fourth-order valence-electron chi connectivity index (χ4n) is 4.78. The number of fused-ring (bicyclic) bond motifs is 1. The quantitative estimate of drug-likeness (QED) is 0.311. The molecule has 1 aliphatic rings. The molecular weight excluding hydrogens is 581 g/mol. The molecule has 0 unspecified atom stereocenters. The molecule has 1 aromatic carbocycles. The number of rotatable bonds is 7. The highest BCUT2D eigenvalue weighted by Gasteiger charge is 2.31. The number of anilines is 2.